The minimum absolute atomic E-state index is 0.0607. The number of carboxylic acids is 1. The summed E-state index contributed by atoms with van der Waals surface area (Å²) in [5.41, 5.74) is -0.726. The number of rotatable bonds is 5. The number of aliphatic carboxylic acids is 1. The van der Waals surface area contributed by atoms with E-state index in [2.05, 4.69) is 0 Å². The van der Waals surface area contributed by atoms with Crippen LogP contribution in [0, 0.1) is 5.82 Å². The fourth-order valence-corrected chi connectivity index (χ4v) is 3.06. The lowest BCUT2D eigenvalue weighted by Gasteiger charge is -2.36. The average Bonchev–Trinajstić information content (AvgIpc) is 2.83. The molecule has 0 aromatic heterocycles. The molecule has 22 heavy (non-hydrogen) atoms. The molecule has 1 fully saturated rings. The van der Waals surface area contributed by atoms with E-state index in [1.807, 2.05) is 0 Å². The smallest absolute Gasteiger partial charge is 0.408 e. The molecule has 0 radical (unpaired) electrons. The van der Waals surface area contributed by atoms with E-state index < -0.39 is 17.6 Å². The number of carbonyl (C=O) groups is 2. The number of carboxylic acid groups (broad SMARTS) is 2. The zero-order valence-electron chi connectivity index (χ0n) is 12.3. The van der Waals surface area contributed by atoms with Crippen molar-refractivity contribution in [2.75, 3.05) is 20.1 Å². The summed E-state index contributed by atoms with van der Waals surface area (Å²) < 4.78 is 13.2. The predicted molar refractivity (Wildman–Crippen MR) is 77.1 cm³/mol. The lowest BCUT2D eigenvalue weighted by molar-refractivity contribution is -0.149. The Morgan fingerprint density at radius 3 is 2.73 bits per heavy atom. The second-order valence-electron chi connectivity index (χ2n) is 5.68. The van der Waals surface area contributed by atoms with E-state index in [4.69, 9.17) is 0 Å². The minimum Gasteiger partial charge on any atom is -0.479 e. The van der Waals surface area contributed by atoms with Crippen molar-refractivity contribution in [3.63, 3.8) is 0 Å². The van der Waals surface area contributed by atoms with Crippen LogP contribution in [-0.2, 0) is 11.3 Å². The number of hydrogen-bond donors (Lipinski definition) is 2. The molecule has 1 saturated heterocycles. The third kappa shape index (κ3) is 3.19. The normalized spacial score (nSPS) is 21.3. The Bertz CT molecular complexity index is 580. The number of likely N-dealkylation sites (N-methyl/N-ethyl adjacent to an activating group) is 1. The van der Waals surface area contributed by atoms with Gasteiger partial charge in [0.15, 0.2) is 5.54 Å². The van der Waals surface area contributed by atoms with Gasteiger partial charge >= 0.3 is 12.1 Å². The zero-order valence-corrected chi connectivity index (χ0v) is 12.3. The van der Waals surface area contributed by atoms with Gasteiger partial charge in [-0.1, -0.05) is 12.1 Å². The molecular formula is C15H19FN2O4. The molecule has 0 aliphatic carbocycles. The molecule has 1 aliphatic rings. The lowest BCUT2D eigenvalue weighted by Crippen LogP contribution is -2.58. The number of amides is 1. The Kier molecular flexibility index (Phi) is 4.65. The van der Waals surface area contributed by atoms with E-state index in [0.717, 1.165) is 4.90 Å². The summed E-state index contributed by atoms with van der Waals surface area (Å²) in [5, 5.41) is 18.8. The maximum absolute atomic E-state index is 13.2. The Morgan fingerprint density at radius 2 is 2.14 bits per heavy atom. The SMILES string of the molecule is CN(Cc1cccc(F)c1)C[C@@]1(C(=O)O)CCCN1C(=O)O. The zero-order chi connectivity index (χ0) is 16.3. The van der Waals surface area contributed by atoms with Crippen LogP contribution in [0.25, 0.3) is 0 Å². The largest absolute Gasteiger partial charge is 0.479 e. The summed E-state index contributed by atoms with van der Waals surface area (Å²) in [5.74, 6) is -1.50. The van der Waals surface area contributed by atoms with Gasteiger partial charge in [0.05, 0.1) is 0 Å². The van der Waals surface area contributed by atoms with Crippen LogP contribution < -0.4 is 0 Å². The highest BCUT2D eigenvalue weighted by Crippen LogP contribution is 2.31. The summed E-state index contributed by atoms with van der Waals surface area (Å²) in [6, 6.07) is 6.06. The average molecular weight is 310 g/mol. The molecule has 1 heterocycles. The van der Waals surface area contributed by atoms with Crippen molar-refractivity contribution < 1.29 is 24.2 Å². The van der Waals surface area contributed by atoms with Gasteiger partial charge in [-0.15, -0.1) is 0 Å². The van der Waals surface area contributed by atoms with Crippen LogP contribution in [-0.4, -0.2) is 57.8 Å². The first kappa shape index (κ1) is 16.2. The van der Waals surface area contributed by atoms with Gasteiger partial charge in [-0.25, -0.2) is 14.0 Å². The Labute approximate surface area is 127 Å². The molecule has 1 aromatic carbocycles. The van der Waals surface area contributed by atoms with E-state index >= 15 is 0 Å². The summed E-state index contributed by atoms with van der Waals surface area (Å²) in [6.45, 7) is 0.626. The van der Waals surface area contributed by atoms with E-state index in [1.165, 1.54) is 12.1 Å². The van der Waals surface area contributed by atoms with Crippen LogP contribution in [0.3, 0.4) is 0 Å². The Hall–Kier alpha value is -2.15. The fourth-order valence-electron chi connectivity index (χ4n) is 3.06. The van der Waals surface area contributed by atoms with Crippen molar-refractivity contribution in [3.05, 3.63) is 35.6 Å². The van der Waals surface area contributed by atoms with E-state index in [0.29, 0.717) is 18.5 Å². The first-order valence-corrected chi connectivity index (χ1v) is 7.02. The molecule has 0 unspecified atom stereocenters. The molecular weight excluding hydrogens is 291 g/mol. The molecule has 0 saturated carbocycles. The maximum Gasteiger partial charge on any atom is 0.408 e. The molecule has 0 spiro atoms. The van der Waals surface area contributed by atoms with Gasteiger partial charge in [-0.2, -0.15) is 0 Å². The Balaban J connectivity index is 2.14. The van der Waals surface area contributed by atoms with Gasteiger partial charge in [0.2, 0.25) is 0 Å². The summed E-state index contributed by atoms with van der Waals surface area (Å²) in [7, 11) is 1.70. The van der Waals surface area contributed by atoms with Crippen LogP contribution in [0.5, 0.6) is 0 Å². The van der Waals surface area contributed by atoms with Crippen molar-refractivity contribution in [2.24, 2.45) is 0 Å². The Morgan fingerprint density at radius 1 is 1.41 bits per heavy atom. The lowest BCUT2D eigenvalue weighted by atomic mass is 9.95. The van der Waals surface area contributed by atoms with Crippen LogP contribution >= 0.6 is 0 Å². The van der Waals surface area contributed by atoms with Gasteiger partial charge in [0.25, 0.3) is 0 Å². The van der Waals surface area contributed by atoms with Crippen LogP contribution in [0.4, 0.5) is 9.18 Å². The first-order chi connectivity index (χ1) is 10.3. The second-order valence-corrected chi connectivity index (χ2v) is 5.68. The second kappa shape index (κ2) is 6.31. The summed E-state index contributed by atoms with van der Waals surface area (Å²) >= 11 is 0. The fraction of sp³-hybridized carbons (Fsp3) is 0.467. The third-order valence-corrected chi connectivity index (χ3v) is 3.99. The van der Waals surface area contributed by atoms with Gasteiger partial charge in [0.1, 0.15) is 5.82 Å². The van der Waals surface area contributed by atoms with E-state index in [1.54, 1.807) is 24.1 Å². The quantitative estimate of drug-likeness (QED) is 0.867. The number of hydrogen-bond acceptors (Lipinski definition) is 3. The molecule has 0 bridgehead atoms. The highest BCUT2D eigenvalue weighted by molar-refractivity contribution is 5.85. The monoisotopic (exact) mass is 310 g/mol. The van der Waals surface area contributed by atoms with Crippen LogP contribution in [0.1, 0.15) is 18.4 Å². The van der Waals surface area contributed by atoms with Crippen molar-refractivity contribution in [1.29, 1.82) is 0 Å². The molecule has 1 atom stereocenters. The summed E-state index contributed by atoms with van der Waals surface area (Å²) in [4.78, 5) is 25.7. The molecule has 6 nitrogen and oxygen atoms in total. The molecule has 2 rings (SSSR count). The van der Waals surface area contributed by atoms with E-state index in [-0.39, 0.29) is 25.3 Å². The van der Waals surface area contributed by atoms with Gasteiger partial charge in [-0.05, 0) is 37.6 Å². The highest BCUT2D eigenvalue weighted by atomic mass is 19.1. The van der Waals surface area contributed by atoms with Gasteiger partial charge in [0, 0.05) is 19.6 Å². The standard InChI is InChI=1S/C15H19FN2O4/c1-17(9-11-4-2-5-12(16)8-11)10-15(13(19)20)6-3-7-18(15)14(21)22/h2,4-5,8H,3,6-7,9-10H2,1H3,(H,19,20)(H,21,22)/t15-/m1/s1. The van der Waals surface area contributed by atoms with Crippen molar-refractivity contribution >= 4 is 12.1 Å². The minimum atomic E-state index is -1.44. The van der Waals surface area contributed by atoms with Crippen LogP contribution in [0.15, 0.2) is 24.3 Å². The molecule has 120 valence electrons. The van der Waals surface area contributed by atoms with Gasteiger partial charge < -0.3 is 10.2 Å². The third-order valence-electron chi connectivity index (χ3n) is 3.99. The van der Waals surface area contributed by atoms with Gasteiger partial charge in [-0.3, -0.25) is 9.80 Å². The van der Waals surface area contributed by atoms with Crippen LogP contribution in [0.2, 0.25) is 0 Å². The number of nitrogens with zero attached hydrogens (tertiary/aromatic N) is 2. The molecule has 1 aliphatic heterocycles. The summed E-state index contributed by atoms with van der Waals surface area (Å²) in [6.07, 6.45) is -0.423. The van der Waals surface area contributed by atoms with E-state index in [9.17, 15) is 24.2 Å². The highest BCUT2D eigenvalue weighted by Gasteiger charge is 2.50. The number of halogens is 1. The molecule has 7 heteroatoms. The van der Waals surface area contributed by atoms with Crippen molar-refractivity contribution in [2.45, 2.75) is 24.9 Å². The predicted octanol–water partition coefficient (Wildman–Crippen LogP) is 1.85. The molecule has 1 aromatic rings. The first-order valence-electron chi connectivity index (χ1n) is 7.02. The van der Waals surface area contributed by atoms with Crippen molar-refractivity contribution in [3.8, 4) is 0 Å². The maximum atomic E-state index is 13.2. The number of benzene rings is 1. The molecule has 2 N–H and O–H groups in total. The van der Waals surface area contributed by atoms with Crippen molar-refractivity contribution in [1.82, 2.24) is 9.80 Å². The molecule has 1 amide bonds. The number of likely N-dealkylation sites (tertiary alicyclic amines) is 1. The topological polar surface area (TPSA) is 81.1 Å².